The van der Waals surface area contributed by atoms with Gasteiger partial charge in [0.25, 0.3) is 0 Å². The fourth-order valence-corrected chi connectivity index (χ4v) is 3.23. The molecule has 0 N–H and O–H groups in total. The van der Waals surface area contributed by atoms with Crippen LogP contribution in [-0.4, -0.2) is 18.5 Å². The third-order valence-corrected chi connectivity index (χ3v) is 4.53. The minimum atomic E-state index is -1.32. The molecule has 1 fully saturated rings. The Balaban J connectivity index is 2.12. The number of ether oxygens (including phenoxy) is 2. The highest BCUT2D eigenvalue weighted by Crippen LogP contribution is 2.50. The second kappa shape index (κ2) is 6.11. The van der Waals surface area contributed by atoms with Crippen molar-refractivity contribution >= 4 is 11.9 Å². The number of carbonyl (C=O) groups is 2. The standard InChI is InChI=1S/C20H20O4/c1-3-23-17(21)19(2)14-20(24-18(19)22,15-10-6-4-7-11-15)16-12-8-5-9-13-16/h4-13H,3,14H2,1-2H3/t19-/m1/s1. The number of hydrogen-bond donors (Lipinski definition) is 0. The number of carbonyl (C=O) groups excluding carboxylic acids is 2. The summed E-state index contributed by atoms with van der Waals surface area (Å²) in [4.78, 5) is 25.1. The molecule has 0 bridgehead atoms. The van der Waals surface area contributed by atoms with Crippen molar-refractivity contribution in [3.63, 3.8) is 0 Å². The highest BCUT2D eigenvalue weighted by atomic mass is 16.6. The number of cyclic esters (lactones) is 1. The SMILES string of the molecule is CCOC(=O)[C@@]1(C)CC(c2ccccc2)(c2ccccc2)OC1=O. The van der Waals surface area contributed by atoms with Crippen LogP contribution < -0.4 is 0 Å². The first kappa shape index (κ1) is 16.2. The van der Waals surface area contributed by atoms with Crippen LogP contribution in [0.2, 0.25) is 0 Å². The van der Waals surface area contributed by atoms with Gasteiger partial charge >= 0.3 is 11.9 Å². The Hall–Kier alpha value is -2.62. The highest BCUT2D eigenvalue weighted by molar-refractivity contribution is 6.01. The molecule has 0 unspecified atom stereocenters. The largest absolute Gasteiger partial charge is 0.465 e. The molecule has 0 spiro atoms. The fourth-order valence-electron chi connectivity index (χ4n) is 3.23. The molecule has 0 radical (unpaired) electrons. The van der Waals surface area contributed by atoms with E-state index in [1.165, 1.54) is 0 Å². The van der Waals surface area contributed by atoms with Gasteiger partial charge in [-0.2, -0.15) is 0 Å². The zero-order chi connectivity index (χ0) is 17.2. The summed E-state index contributed by atoms with van der Waals surface area (Å²) >= 11 is 0. The van der Waals surface area contributed by atoms with Crippen molar-refractivity contribution in [1.82, 2.24) is 0 Å². The van der Waals surface area contributed by atoms with E-state index < -0.39 is 23.0 Å². The van der Waals surface area contributed by atoms with E-state index in [9.17, 15) is 9.59 Å². The lowest BCUT2D eigenvalue weighted by atomic mass is 9.75. The van der Waals surface area contributed by atoms with Crippen LogP contribution in [0.3, 0.4) is 0 Å². The van der Waals surface area contributed by atoms with Crippen LogP contribution in [0.15, 0.2) is 60.7 Å². The maximum atomic E-state index is 12.7. The minimum absolute atomic E-state index is 0.214. The zero-order valence-electron chi connectivity index (χ0n) is 13.8. The third kappa shape index (κ3) is 2.48. The first-order valence-corrected chi connectivity index (χ1v) is 8.04. The molecule has 0 saturated carbocycles. The van der Waals surface area contributed by atoms with Crippen molar-refractivity contribution in [2.75, 3.05) is 6.61 Å². The molecule has 0 aliphatic carbocycles. The Bertz CT molecular complexity index is 699. The smallest absolute Gasteiger partial charge is 0.324 e. The lowest BCUT2D eigenvalue weighted by Crippen LogP contribution is -2.35. The zero-order valence-corrected chi connectivity index (χ0v) is 13.8. The second-order valence-electron chi connectivity index (χ2n) is 6.18. The van der Waals surface area contributed by atoms with Gasteiger partial charge in [-0.15, -0.1) is 0 Å². The number of hydrogen-bond acceptors (Lipinski definition) is 4. The predicted molar refractivity (Wildman–Crippen MR) is 89.1 cm³/mol. The molecule has 24 heavy (non-hydrogen) atoms. The minimum Gasteiger partial charge on any atom is -0.465 e. The number of esters is 2. The molecule has 3 rings (SSSR count). The first-order chi connectivity index (χ1) is 11.5. The van der Waals surface area contributed by atoms with Crippen LogP contribution in [0.25, 0.3) is 0 Å². The molecule has 0 aromatic heterocycles. The third-order valence-electron chi connectivity index (χ3n) is 4.53. The molecule has 124 valence electrons. The average Bonchev–Trinajstić information content (AvgIpc) is 2.90. The van der Waals surface area contributed by atoms with E-state index in [0.717, 1.165) is 11.1 Å². The average molecular weight is 324 g/mol. The molecule has 1 aliphatic heterocycles. The van der Waals surface area contributed by atoms with E-state index in [4.69, 9.17) is 9.47 Å². The molecule has 0 amide bonds. The van der Waals surface area contributed by atoms with E-state index in [0.29, 0.717) is 0 Å². The maximum Gasteiger partial charge on any atom is 0.324 e. The molecular formula is C20H20O4. The van der Waals surface area contributed by atoms with Gasteiger partial charge in [-0.1, -0.05) is 60.7 Å². The van der Waals surface area contributed by atoms with Crippen molar-refractivity contribution in [2.24, 2.45) is 5.41 Å². The van der Waals surface area contributed by atoms with Gasteiger partial charge in [0.15, 0.2) is 11.0 Å². The Kier molecular flexibility index (Phi) is 4.14. The monoisotopic (exact) mass is 324 g/mol. The quantitative estimate of drug-likeness (QED) is 0.638. The number of rotatable bonds is 4. The highest BCUT2D eigenvalue weighted by Gasteiger charge is 2.60. The van der Waals surface area contributed by atoms with Crippen molar-refractivity contribution in [1.29, 1.82) is 0 Å². The Morgan fingerprint density at radius 3 is 2.00 bits per heavy atom. The lowest BCUT2D eigenvalue weighted by molar-refractivity contribution is -0.164. The van der Waals surface area contributed by atoms with Crippen LogP contribution >= 0.6 is 0 Å². The van der Waals surface area contributed by atoms with E-state index in [1.54, 1.807) is 13.8 Å². The Morgan fingerprint density at radius 2 is 1.54 bits per heavy atom. The van der Waals surface area contributed by atoms with Crippen LogP contribution in [0.1, 0.15) is 31.4 Å². The summed E-state index contributed by atoms with van der Waals surface area (Å²) in [7, 11) is 0. The molecule has 1 saturated heterocycles. The predicted octanol–water partition coefficient (Wildman–Crippen LogP) is 3.45. The summed E-state index contributed by atoms with van der Waals surface area (Å²) in [5.41, 5.74) is -0.613. The van der Waals surface area contributed by atoms with Gasteiger partial charge in [-0.25, -0.2) is 0 Å². The van der Waals surface area contributed by atoms with Crippen LogP contribution in [0, 0.1) is 5.41 Å². The molecule has 1 heterocycles. The maximum absolute atomic E-state index is 12.7. The first-order valence-electron chi connectivity index (χ1n) is 8.04. The van der Waals surface area contributed by atoms with Crippen LogP contribution in [0.4, 0.5) is 0 Å². The van der Waals surface area contributed by atoms with Gasteiger partial charge in [-0.05, 0) is 13.8 Å². The topological polar surface area (TPSA) is 52.6 Å². The fraction of sp³-hybridized carbons (Fsp3) is 0.300. The Morgan fingerprint density at radius 1 is 1.04 bits per heavy atom. The van der Waals surface area contributed by atoms with Gasteiger partial charge in [0.1, 0.15) is 0 Å². The van der Waals surface area contributed by atoms with E-state index in [1.807, 2.05) is 60.7 Å². The molecule has 4 nitrogen and oxygen atoms in total. The summed E-state index contributed by atoms with van der Waals surface area (Å²) in [6, 6.07) is 19.1. The summed E-state index contributed by atoms with van der Waals surface area (Å²) < 4.78 is 11.0. The van der Waals surface area contributed by atoms with Gasteiger partial charge in [0, 0.05) is 17.5 Å². The molecule has 4 heteroatoms. The van der Waals surface area contributed by atoms with Crippen molar-refractivity contribution in [2.45, 2.75) is 25.9 Å². The van der Waals surface area contributed by atoms with Gasteiger partial charge < -0.3 is 9.47 Å². The summed E-state index contributed by atoms with van der Waals surface area (Å²) in [6.07, 6.45) is 0.214. The van der Waals surface area contributed by atoms with Gasteiger partial charge in [0.2, 0.25) is 0 Å². The van der Waals surface area contributed by atoms with Crippen molar-refractivity contribution in [3.05, 3.63) is 71.8 Å². The molecule has 1 aliphatic rings. The van der Waals surface area contributed by atoms with E-state index >= 15 is 0 Å². The van der Waals surface area contributed by atoms with Crippen molar-refractivity contribution in [3.8, 4) is 0 Å². The molecule has 2 aromatic carbocycles. The van der Waals surface area contributed by atoms with Crippen molar-refractivity contribution < 1.29 is 19.1 Å². The number of benzene rings is 2. The molecule has 1 atom stereocenters. The normalized spacial score (nSPS) is 22.0. The molecule has 2 aromatic rings. The summed E-state index contributed by atoms with van der Waals surface area (Å²) in [5.74, 6) is -1.09. The van der Waals surface area contributed by atoms with E-state index in [2.05, 4.69) is 0 Å². The summed E-state index contributed by atoms with van der Waals surface area (Å²) in [6.45, 7) is 3.55. The van der Waals surface area contributed by atoms with Gasteiger partial charge in [0.05, 0.1) is 6.61 Å². The van der Waals surface area contributed by atoms with E-state index in [-0.39, 0.29) is 13.0 Å². The van der Waals surface area contributed by atoms with Gasteiger partial charge in [-0.3, -0.25) is 9.59 Å². The molecular weight excluding hydrogens is 304 g/mol. The lowest BCUT2D eigenvalue weighted by Gasteiger charge is -2.29. The Labute approximate surface area is 141 Å². The summed E-state index contributed by atoms with van der Waals surface area (Å²) in [5, 5.41) is 0. The van der Waals surface area contributed by atoms with Crippen LogP contribution in [-0.2, 0) is 24.7 Å². The second-order valence-corrected chi connectivity index (χ2v) is 6.18. The van der Waals surface area contributed by atoms with Crippen LogP contribution in [0.5, 0.6) is 0 Å².